The molecule has 126 valence electrons. The molecule has 2 fully saturated rings. The van der Waals surface area contributed by atoms with Crippen LogP contribution in [0.4, 0.5) is 11.5 Å². The van der Waals surface area contributed by atoms with Crippen molar-refractivity contribution in [1.82, 2.24) is 20.1 Å². The van der Waals surface area contributed by atoms with E-state index < -0.39 is 0 Å². The summed E-state index contributed by atoms with van der Waals surface area (Å²) in [5.41, 5.74) is 2.23. The second kappa shape index (κ2) is 7.86. The van der Waals surface area contributed by atoms with E-state index >= 15 is 0 Å². The predicted octanol–water partition coefficient (Wildman–Crippen LogP) is 1.50. The zero-order chi connectivity index (χ0) is 16.1. The van der Waals surface area contributed by atoms with Crippen LogP contribution in [0.15, 0.2) is 17.3 Å². The Kier molecular flexibility index (Phi) is 5.59. The first-order valence-corrected chi connectivity index (χ1v) is 8.59. The van der Waals surface area contributed by atoms with E-state index in [4.69, 9.17) is 0 Å². The molecule has 0 radical (unpaired) electrons. The quantitative estimate of drug-likeness (QED) is 0.806. The van der Waals surface area contributed by atoms with Crippen LogP contribution in [0.3, 0.4) is 0 Å². The third-order valence-electron chi connectivity index (χ3n) is 4.96. The van der Waals surface area contributed by atoms with E-state index in [1.54, 1.807) is 0 Å². The Morgan fingerprint density at radius 1 is 1.30 bits per heavy atom. The molecule has 0 bridgehead atoms. The van der Waals surface area contributed by atoms with Crippen LogP contribution in [0.2, 0.25) is 0 Å². The number of rotatable bonds is 5. The van der Waals surface area contributed by atoms with E-state index in [0.717, 1.165) is 70.3 Å². The summed E-state index contributed by atoms with van der Waals surface area (Å²) in [4.78, 5) is 13.6. The fourth-order valence-electron chi connectivity index (χ4n) is 3.42. The molecule has 1 aromatic heterocycles. The lowest BCUT2D eigenvalue weighted by molar-refractivity contribution is 0.162. The maximum atomic E-state index is 4.51. The van der Waals surface area contributed by atoms with Crippen molar-refractivity contribution in [2.45, 2.75) is 18.8 Å². The molecule has 1 aromatic rings. The van der Waals surface area contributed by atoms with Crippen molar-refractivity contribution in [2.24, 2.45) is 4.99 Å². The number of piperazine rings is 1. The zero-order valence-electron chi connectivity index (χ0n) is 14.1. The predicted molar refractivity (Wildman–Crippen MR) is 95.9 cm³/mol. The molecule has 0 aromatic carbocycles. The minimum atomic E-state index is 0.559. The second-order valence-electron chi connectivity index (χ2n) is 6.54. The van der Waals surface area contributed by atoms with Crippen LogP contribution in [0.5, 0.6) is 0 Å². The van der Waals surface area contributed by atoms with Gasteiger partial charge in [0.2, 0.25) is 0 Å². The Hall–Kier alpha value is -1.50. The largest absolute Gasteiger partial charge is 0.355 e. The topological polar surface area (TPSA) is 55.8 Å². The number of aromatic nitrogens is 1. The van der Waals surface area contributed by atoms with Gasteiger partial charge in [0.25, 0.3) is 0 Å². The molecule has 3 heterocycles. The summed E-state index contributed by atoms with van der Waals surface area (Å²) in [5, 5.41) is 6.90. The van der Waals surface area contributed by atoms with Gasteiger partial charge in [-0.3, -0.25) is 9.89 Å². The standard InChI is InChI=1S/C17H28N6/c1-18-16-15(14-3-6-19-7-4-14)5-8-20-17(16)21-13-23-11-9-22(2)10-12-23/h5,8,14,19H,1,3-4,6-7,9-13H2,2H3,(H,20,21). The molecule has 0 saturated carbocycles. The number of likely N-dealkylation sites (N-methyl/N-ethyl adjacent to an activating group) is 1. The van der Waals surface area contributed by atoms with Gasteiger partial charge in [-0.1, -0.05) is 0 Å². The molecule has 0 amide bonds. The van der Waals surface area contributed by atoms with Crippen molar-refractivity contribution < 1.29 is 0 Å². The molecule has 0 aliphatic carbocycles. The zero-order valence-corrected chi connectivity index (χ0v) is 14.1. The third-order valence-corrected chi connectivity index (χ3v) is 4.96. The van der Waals surface area contributed by atoms with Crippen molar-refractivity contribution in [2.75, 3.05) is 58.3 Å². The van der Waals surface area contributed by atoms with Gasteiger partial charge in [-0.15, -0.1) is 0 Å². The van der Waals surface area contributed by atoms with E-state index in [1.807, 2.05) is 6.20 Å². The van der Waals surface area contributed by atoms with Gasteiger partial charge < -0.3 is 15.5 Å². The van der Waals surface area contributed by atoms with E-state index in [9.17, 15) is 0 Å². The summed E-state index contributed by atoms with van der Waals surface area (Å²) in [5.74, 6) is 1.43. The molecular formula is C17H28N6. The number of piperidine rings is 1. The Morgan fingerprint density at radius 3 is 2.74 bits per heavy atom. The summed E-state index contributed by atoms with van der Waals surface area (Å²) >= 11 is 0. The van der Waals surface area contributed by atoms with Gasteiger partial charge >= 0.3 is 0 Å². The fourth-order valence-corrected chi connectivity index (χ4v) is 3.42. The molecule has 6 heteroatoms. The number of pyridine rings is 1. The Bertz CT molecular complexity index is 518. The molecule has 6 nitrogen and oxygen atoms in total. The molecule has 23 heavy (non-hydrogen) atoms. The SMILES string of the molecule is C=Nc1c(C2CCNCC2)ccnc1NCN1CCN(C)CC1. The van der Waals surface area contributed by atoms with Crippen molar-refractivity contribution in [3.05, 3.63) is 17.8 Å². The maximum Gasteiger partial charge on any atom is 0.153 e. The van der Waals surface area contributed by atoms with E-state index in [-0.39, 0.29) is 0 Å². The van der Waals surface area contributed by atoms with Crippen molar-refractivity contribution >= 4 is 18.2 Å². The molecule has 3 rings (SSSR count). The highest BCUT2D eigenvalue weighted by Gasteiger charge is 2.21. The smallest absolute Gasteiger partial charge is 0.153 e. The molecular weight excluding hydrogens is 288 g/mol. The van der Waals surface area contributed by atoms with Gasteiger partial charge in [-0.2, -0.15) is 0 Å². The van der Waals surface area contributed by atoms with Gasteiger partial charge in [0.1, 0.15) is 5.69 Å². The van der Waals surface area contributed by atoms with Gasteiger partial charge in [0.15, 0.2) is 5.82 Å². The lowest BCUT2D eigenvalue weighted by Crippen LogP contribution is -2.46. The lowest BCUT2D eigenvalue weighted by Gasteiger charge is -2.32. The van der Waals surface area contributed by atoms with Gasteiger partial charge in [0.05, 0.1) is 6.67 Å². The van der Waals surface area contributed by atoms with Crippen molar-refractivity contribution in [1.29, 1.82) is 0 Å². The highest BCUT2D eigenvalue weighted by Crippen LogP contribution is 2.36. The van der Waals surface area contributed by atoms with Crippen LogP contribution in [-0.2, 0) is 0 Å². The fraction of sp³-hybridized carbons (Fsp3) is 0.647. The molecule has 2 aliphatic rings. The highest BCUT2D eigenvalue weighted by molar-refractivity contribution is 5.68. The summed E-state index contributed by atoms with van der Waals surface area (Å²) < 4.78 is 0. The van der Waals surface area contributed by atoms with Gasteiger partial charge in [-0.05, 0) is 57.2 Å². The number of nitrogens with one attached hydrogen (secondary N) is 2. The number of hydrogen-bond acceptors (Lipinski definition) is 6. The van der Waals surface area contributed by atoms with Crippen LogP contribution < -0.4 is 10.6 Å². The number of nitrogens with zero attached hydrogens (tertiary/aromatic N) is 4. The van der Waals surface area contributed by atoms with E-state index in [1.165, 1.54) is 5.56 Å². The minimum Gasteiger partial charge on any atom is -0.355 e. The second-order valence-corrected chi connectivity index (χ2v) is 6.54. The van der Waals surface area contributed by atoms with Gasteiger partial charge in [0, 0.05) is 32.4 Å². The number of aliphatic imine (C=N–C) groups is 1. The summed E-state index contributed by atoms with van der Waals surface area (Å²) in [6, 6.07) is 2.11. The molecule has 2 N–H and O–H groups in total. The minimum absolute atomic E-state index is 0.559. The first kappa shape index (κ1) is 16.4. The molecule has 2 aliphatic heterocycles. The van der Waals surface area contributed by atoms with Crippen molar-refractivity contribution in [3.8, 4) is 0 Å². The highest BCUT2D eigenvalue weighted by atomic mass is 15.3. The number of hydrogen-bond donors (Lipinski definition) is 2. The first-order chi connectivity index (χ1) is 11.3. The molecule has 0 unspecified atom stereocenters. The summed E-state index contributed by atoms with van der Waals surface area (Å²) in [7, 11) is 2.18. The van der Waals surface area contributed by atoms with Crippen LogP contribution in [0, 0.1) is 0 Å². The van der Waals surface area contributed by atoms with E-state index in [2.05, 4.69) is 50.2 Å². The van der Waals surface area contributed by atoms with Crippen LogP contribution in [0.25, 0.3) is 0 Å². The van der Waals surface area contributed by atoms with Crippen molar-refractivity contribution in [3.63, 3.8) is 0 Å². The Labute approximate surface area is 139 Å². The Balaban J connectivity index is 1.67. The van der Waals surface area contributed by atoms with Crippen LogP contribution >= 0.6 is 0 Å². The summed E-state index contributed by atoms with van der Waals surface area (Å²) in [6.07, 6.45) is 4.22. The van der Waals surface area contributed by atoms with Gasteiger partial charge in [-0.25, -0.2) is 4.98 Å². The van der Waals surface area contributed by atoms with E-state index in [0.29, 0.717) is 5.92 Å². The lowest BCUT2D eigenvalue weighted by atomic mass is 9.89. The molecule has 0 spiro atoms. The third kappa shape index (κ3) is 4.07. The average molecular weight is 316 g/mol. The average Bonchev–Trinajstić information content (AvgIpc) is 2.61. The molecule has 0 atom stereocenters. The normalized spacial score (nSPS) is 21.3. The van der Waals surface area contributed by atoms with Crippen LogP contribution in [-0.4, -0.2) is 74.5 Å². The first-order valence-electron chi connectivity index (χ1n) is 8.59. The van der Waals surface area contributed by atoms with Crippen LogP contribution in [0.1, 0.15) is 24.3 Å². The number of anilines is 1. The molecule has 2 saturated heterocycles. The monoisotopic (exact) mass is 316 g/mol. The summed E-state index contributed by atoms with van der Waals surface area (Å²) in [6.45, 7) is 11.2. The Morgan fingerprint density at radius 2 is 2.04 bits per heavy atom. The maximum absolute atomic E-state index is 4.51.